The Balaban J connectivity index is 1.47. The van der Waals surface area contributed by atoms with Crippen LogP contribution in [-0.4, -0.2) is 37.4 Å². The van der Waals surface area contributed by atoms with Gasteiger partial charge in [0.15, 0.2) is 5.69 Å². The molecule has 0 radical (unpaired) electrons. The highest BCUT2D eigenvalue weighted by Crippen LogP contribution is 2.02. The van der Waals surface area contributed by atoms with Crippen molar-refractivity contribution in [3.63, 3.8) is 0 Å². The number of aromatic amines is 1. The minimum absolute atomic E-state index is 0.213. The lowest BCUT2D eigenvalue weighted by molar-refractivity contribution is 0.0949. The van der Waals surface area contributed by atoms with E-state index in [-0.39, 0.29) is 5.91 Å². The number of amides is 1. The zero-order chi connectivity index (χ0) is 15.9. The molecular weight excluding hydrogens is 292 g/mol. The van der Waals surface area contributed by atoms with Gasteiger partial charge in [-0.25, -0.2) is 4.98 Å². The van der Waals surface area contributed by atoms with Crippen LogP contribution in [0.2, 0.25) is 0 Å². The van der Waals surface area contributed by atoms with Gasteiger partial charge in [0.25, 0.3) is 5.91 Å². The number of carbonyl (C=O) groups is 1. The van der Waals surface area contributed by atoms with Gasteiger partial charge in [0, 0.05) is 31.4 Å². The molecule has 0 spiro atoms. The molecule has 0 aliphatic carbocycles. The van der Waals surface area contributed by atoms with Gasteiger partial charge in [0.2, 0.25) is 0 Å². The van der Waals surface area contributed by atoms with Crippen LogP contribution in [0.4, 0.5) is 0 Å². The maximum absolute atomic E-state index is 12.0. The Kier molecular flexibility index (Phi) is 4.78. The van der Waals surface area contributed by atoms with Crippen LogP contribution >= 0.6 is 0 Å². The molecule has 1 aromatic carbocycles. The highest BCUT2D eigenvalue weighted by molar-refractivity contribution is 5.91. The lowest BCUT2D eigenvalue weighted by Crippen LogP contribution is -2.26. The van der Waals surface area contributed by atoms with Crippen molar-refractivity contribution in [2.24, 2.45) is 0 Å². The molecule has 0 bridgehead atoms. The van der Waals surface area contributed by atoms with E-state index in [1.807, 2.05) is 18.2 Å². The molecule has 0 saturated heterocycles. The first-order valence-corrected chi connectivity index (χ1v) is 7.51. The molecule has 2 aromatic heterocycles. The van der Waals surface area contributed by atoms with Crippen LogP contribution < -0.4 is 5.32 Å². The highest BCUT2D eigenvalue weighted by Gasteiger charge is 2.10. The fourth-order valence-electron chi connectivity index (χ4n) is 2.22. The van der Waals surface area contributed by atoms with Gasteiger partial charge in [-0.3, -0.25) is 9.48 Å². The number of nitrogens with zero attached hydrogens (tertiary/aromatic N) is 4. The van der Waals surface area contributed by atoms with Crippen molar-refractivity contribution in [1.29, 1.82) is 0 Å². The molecule has 3 rings (SSSR count). The largest absolute Gasteiger partial charge is 0.350 e. The SMILES string of the molecule is O=C(NCCc1cnc[nH]1)c1cn(CCc2ccccc2)nn1. The summed E-state index contributed by atoms with van der Waals surface area (Å²) in [5, 5.41) is 10.7. The van der Waals surface area contributed by atoms with Crippen LogP contribution in [-0.2, 0) is 19.4 Å². The first kappa shape index (κ1) is 15.0. The van der Waals surface area contributed by atoms with Crippen LogP contribution in [0.5, 0.6) is 0 Å². The van der Waals surface area contributed by atoms with E-state index in [1.165, 1.54) is 5.56 Å². The van der Waals surface area contributed by atoms with Crippen LogP contribution in [0.25, 0.3) is 0 Å². The Labute approximate surface area is 133 Å². The van der Waals surface area contributed by atoms with Crippen molar-refractivity contribution >= 4 is 5.91 Å². The number of aromatic nitrogens is 5. The molecule has 0 fully saturated rings. The number of aryl methyl sites for hydroxylation is 2. The first-order valence-electron chi connectivity index (χ1n) is 7.51. The molecule has 0 unspecified atom stereocenters. The summed E-state index contributed by atoms with van der Waals surface area (Å²) in [6, 6.07) is 10.1. The minimum atomic E-state index is -0.213. The lowest BCUT2D eigenvalue weighted by Gasteiger charge is -2.01. The molecule has 118 valence electrons. The third-order valence-electron chi connectivity index (χ3n) is 3.48. The van der Waals surface area contributed by atoms with Crippen molar-refractivity contribution in [3.05, 3.63) is 66.0 Å². The highest BCUT2D eigenvalue weighted by atomic mass is 16.2. The zero-order valence-electron chi connectivity index (χ0n) is 12.6. The van der Waals surface area contributed by atoms with Gasteiger partial charge in [0.1, 0.15) is 0 Å². The normalized spacial score (nSPS) is 10.6. The van der Waals surface area contributed by atoms with Crippen molar-refractivity contribution in [1.82, 2.24) is 30.3 Å². The predicted molar refractivity (Wildman–Crippen MR) is 84.8 cm³/mol. The standard InChI is InChI=1S/C16H18N6O/c23-16(18-8-6-14-10-17-12-19-14)15-11-22(21-20-15)9-7-13-4-2-1-3-5-13/h1-5,10-12H,6-9H2,(H,17,19)(H,18,23). The average Bonchev–Trinajstić information content (AvgIpc) is 3.25. The number of hydrogen-bond acceptors (Lipinski definition) is 4. The van der Waals surface area contributed by atoms with E-state index in [4.69, 9.17) is 0 Å². The number of rotatable bonds is 7. The Bertz CT molecular complexity index is 735. The van der Waals surface area contributed by atoms with E-state index < -0.39 is 0 Å². The Morgan fingerprint density at radius 2 is 2.09 bits per heavy atom. The second-order valence-corrected chi connectivity index (χ2v) is 5.19. The molecule has 0 saturated carbocycles. The monoisotopic (exact) mass is 310 g/mol. The van der Waals surface area contributed by atoms with Gasteiger partial charge in [-0.15, -0.1) is 5.10 Å². The second-order valence-electron chi connectivity index (χ2n) is 5.19. The van der Waals surface area contributed by atoms with Crippen LogP contribution in [0, 0.1) is 0 Å². The topological polar surface area (TPSA) is 88.5 Å². The summed E-state index contributed by atoms with van der Waals surface area (Å²) in [4.78, 5) is 18.9. The fraction of sp³-hybridized carbons (Fsp3) is 0.250. The van der Waals surface area contributed by atoms with E-state index >= 15 is 0 Å². The lowest BCUT2D eigenvalue weighted by atomic mass is 10.1. The maximum atomic E-state index is 12.0. The van der Waals surface area contributed by atoms with Gasteiger partial charge < -0.3 is 10.3 Å². The number of imidazole rings is 1. The summed E-state index contributed by atoms with van der Waals surface area (Å²) in [5.74, 6) is -0.213. The van der Waals surface area contributed by atoms with Gasteiger partial charge in [-0.2, -0.15) is 0 Å². The smallest absolute Gasteiger partial charge is 0.273 e. The predicted octanol–water partition coefficient (Wildman–Crippen LogP) is 1.22. The molecule has 7 heteroatoms. The summed E-state index contributed by atoms with van der Waals surface area (Å²) in [6.45, 7) is 1.22. The number of benzene rings is 1. The van der Waals surface area contributed by atoms with E-state index in [2.05, 4.69) is 37.7 Å². The zero-order valence-corrected chi connectivity index (χ0v) is 12.6. The summed E-state index contributed by atoms with van der Waals surface area (Å²) in [6.07, 6.45) is 6.59. The number of H-pyrrole nitrogens is 1. The van der Waals surface area contributed by atoms with E-state index in [0.717, 1.165) is 12.1 Å². The Morgan fingerprint density at radius 1 is 1.22 bits per heavy atom. The summed E-state index contributed by atoms with van der Waals surface area (Å²) in [5.41, 5.74) is 2.55. The van der Waals surface area contributed by atoms with Crippen molar-refractivity contribution < 1.29 is 4.79 Å². The molecule has 23 heavy (non-hydrogen) atoms. The van der Waals surface area contributed by atoms with E-state index in [9.17, 15) is 4.79 Å². The fourth-order valence-corrected chi connectivity index (χ4v) is 2.22. The third kappa shape index (κ3) is 4.26. The van der Waals surface area contributed by atoms with Crippen molar-refractivity contribution in [3.8, 4) is 0 Å². The Hall–Kier alpha value is -2.96. The van der Waals surface area contributed by atoms with E-state index in [1.54, 1.807) is 23.4 Å². The first-order chi connectivity index (χ1) is 11.3. The molecule has 2 N–H and O–H groups in total. The average molecular weight is 310 g/mol. The van der Waals surface area contributed by atoms with Gasteiger partial charge in [-0.1, -0.05) is 35.5 Å². The van der Waals surface area contributed by atoms with Gasteiger partial charge in [0.05, 0.1) is 12.5 Å². The van der Waals surface area contributed by atoms with Crippen molar-refractivity contribution in [2.75, 3.05) is 6.54 Å². The Morgan fingerprint density at radius 3 is 2.87 bits per heavy atom. The molecule has 3 aromatic rings. The quantitative estimate of drug-likeness (QED) is 0.686. The van der Waals surface area contributed by atoms with Crippen molar-refractivity contribution in [2.45, 2.75) is 19.4 Å². The number of hydrogen-bond donors (Lipinski definition) is 2. The number of nitrogens with one attached hydrogen (secondary N) is 2. The molecule has 0 atom stereocenters. The summed E-state index contributed by atoms with van der Waals surface area (Å²) < 4.78 is 1.69. The number of carbonyl (C=O) groups excluding carboxylic acids is 1. The van der Waals surface area contributed by atoms with Crippen LogP contribution in [0.3, 0.4) is 0 Å². The molecule has 2 heterocycles. The van der Waals surface area contributed by atoms with Gasteiger partial charge >= 0.3 is 0 Å². The van der Waals surface area contributed by atoms with Crippen LogP contribution in [0.15, 0.2) is 49.1 Å². The van der Waals surface area contributed by atoms with Crippen LogP contribution in [0.1, 0.15) is 21.7 Å². The summed E-state index contributed by atoms with van der Waals surface area (Å²) in [7, 11) is 0. The molecular formula is C16H18N6O. The molecule has 0 aliphatic heterocycles. The molecule has 0 aliphatic rings. The van der Waals surface area contributed by atoms with Gasteiger partial charge in [-0.05, 0) is 12.0 Å². The minimum Gasteiger partial charge on any atom is -0.350 e. The second kappa shape index (κ2) is 7.35. The van der Waals surface area contributed by atoms with E-state index in [0.29, 0.717) is 25.2 Å². The molecule has 7 nitrogen and oxygen atoms in total. The summed E-state index contributed by atoms with van der Waals surface area (Å²) >= 11 is 0. The molecule has 1 amide bonds. The third-order valence-corrected chi connectivity index (χ3v) is 3.48. The maximum Gasteiger partial charge on any atom is 0.273 e.